The summed E-state index contributed by atoms with van der Waals surface area (Å²) in [5.74, 6) is 2.03. The number of hydrogen-bond donors (Lipinski definition) is 1. The Morgan fingerprint density at radius 2 is 1.24 bits per heavy atom. The average Bonchev–Trinajstić information content (AvgIpc) is 3.56. The molecule has 0 saturated carbocycles. The molecule has 6 nitrogen and oxygen atoms in total. The molecule has 2 aromatic carbocycles. The molecule has 0 fully saturated rings. The Labute approximate surface area is 222 Å². The second-order valence-corrected chi connectivity index (χ2v) is 10.0. The molecule has 0 aliphatic rings. The second-order valence-electron chi connectivity index (χ2n) is 10.0. The summed E-state index contributed by atoms with van der Waals surface area (Å²) >= 11 is 0. The molecule has 0 bridgehead atoms. The van der Waals surface area contributed by atoms with E-state index in [-0.39, 0.29) is 0 Å². The molecule has 6 heteroatoms. The minimum atomic E-state index is 0.756. The SMILES string of the molecule is CCCN(CCC)Cc1ccc(CCc2ccc(CN(Cc3ncc[nH]3)Cc3nccn3C)cc2)cc1. The van der Waals surface area contributed by atoms with Crippen LogP contribution >= 0.6 is 0 Å². The Kier molecular flexibility index (Phi) is 10.1. The van der Waals surface area contributed by atoms with Gasteiger partial charge in [-0.3, -0.25) is 9.80 Å². The van der Waals surface area contributed by atoms with Gasteiger partial charge in [0.1, 0.15) is 11.6 Å². The minimum absolute atomic E-state index is 0.756. The van der Waals surface area contributed by atoms with Gasteiger partial charge in [0.05, 0.1) is 13.1 Å². The van der Waals surface area contributed by atoms with Gasteiger partial charge in [-0.2, -0.15) is 0 Å². The lowest BCUT2D eigenvalue weighted by Crippen LogP contribution is -2.24. The molecule has 2 heterocycles. The molecule has 0 aliphatic heterocycles. The molecule has 196 valence electrons. The number of aromatic nitrogens is 4. The third kappa shape index (κ3) is 8.41. The number of nitrogens with one attached hydrogen (secondary N) is 1. The number of aromatic amines is 1. The maximum absolute atomic E-state index is 4.52. The van der Waals surface area contributed by atoms with E-state index in [1.807, 2.05) is 31.8 Å². The quantitative estimate of drug-likeness (QED) is 0.227. The number of hydrogen-bond acceptors (Lipinski definition) is 4. The lowest BCUT2D eigenvalue weighted by Gasteiger charge is -2.21. The van der Waals surface area contributed by atoms with Gasteiger partial charge >= 0.3 is 0 Å². The van der Waals surface area contributed by atoms with Crippen molar-refractivity contribution in [1.29, 1.82) is 0 Å². The van der Waals surface area contributed by atoms with Crippen LogP contribution in [0.15, 0.2) is 73.3 Å². The molecule has 0 saturated heterocycles. The summed E-state index contributed by atoms with van der Waals surface area (Å²) in [5, 5.41) is 0. The van der Waals surface area contributed by atoms with Gasteiger partial charge in [-0.05, 0) is 61.0 Å². The fourth-order valence-corrected chi connectivity index (χ4v) is 4.84. The van der Waals surface area contributed by atoms with Crippen molar-refractivity contribution in [2.75, 3.05) is 13.1 Å². The van der Waals surface area contributed by atoms with Crippen LogP contribution in [-0.2, 0) is 46.1 Å². The molecule has 0 spiro atoms. The summed E-state index contributed by atoms with van der Waals surface area (Å²) in [6.07, 6.45) is 12.1. The third-order valence-electron chi connectivity index (χ3n) is 6.85. The normalized spacial score (nSPS) is 11.6. The van der Waals surface area contributed by atoms with Crippen LogP contribution in [-0.4, -0.2) is 42.4 Å². The van der Waals surface area contributed by atoms with Gasteiger partial charge in [0.25, 0.3) is 0 Å². The average molecular weight is 499 g/mol. The van der Waals surface area contributed by atoms with Gasteiger partial charge in [0.15, 0.2) is 0 Å². The summed E-state index contributed by atoms with van der Waals surface area (Å²) in [4.78, 5) is 17.1. The highest BCUT2D eigenvalue weighted by molar-refractivity contribution is 5.26. The Bertz CT molecular complexity index is 1160. The van der Waals surface area contributed by atoms with E-state index in [0.717, 1.165) is 50.7 Å². The van der Waals surface area contributed by atoms with Gasteiger partial charge in [-0.1, -0.05) is 62.4 Å². The monoisotopic (exact) mass is 498 g/mol. The molecule has 4 aromatic rings. The van der Waals surface area contributed by atoms with Gasteiger partial charge in [0, 0.05) is 44.9 Å². The van der Waals surface area contributed by atoms with E-state index in [0.29, 0.717) is 0 Å². The Hall–Kier alpha value is -3.22. The molecule has 0 unspecified atom stereocenters. The van der Waals surface area contributed by atoms with Crippen molar-refractivity contribution in [3.8, 4) is 0 Å². The van der Waals surface area contributed by atoms with E-state index in [1.165, 1.54) is 48.2 Å². The van der Waals surface area contributed by atoms with Crippen molar-refractivity contribution < 1.29 is 0 Å². The van der Waals surface area contributed by atoms with E-state index in [1.54, 1.807) is 0 Å². The van der Waals surface area contributed by atoms with Crippen molar-refractivity contribution in [1.82, 2.24) is 29.3 Å². The van der Waals surface area contributed by atoms with Crippen LogP contribution in [0.25, 0.3) is 0 Å². The van der Waals surface area contributed by atoms with E-state index < -0.39 is 0 Å². The molecule has 0 radical (unpaired) electrons. The molecular formula is C31H42N6. The zero-order chi connectivity index (χ0) is 25.9. The van der Waals surface area contributed by atoms with Crippen LogP contribution in [0.1, 0.15) is 60.6 Å². The highest BCUT2D eigenvalue weighted by Gasteiger charge is 2.12. The zero-order valence-corrected chi connectivity index (χ0v) is 22.7. The first kappa shape index (κ1) is 26.8. The maximum Gasteiger partial charge on any atom is 0.122 e. The van der Waals surface area contributed by atoms with Crippen molar-refractivity contribution in [2.24, 2.45) is 7.05 Å². The molecule has 37 heavy (non-hydrogen) atoms. The number of imidazole rings is 2. The van der Waals surface area contributed by atoms with Crippen molar-refractivity contribution in [3.05, 3.63) is 107 Å². The van der Waals surface area contributed by atoms with Crippen LogP contribution in [0, 0.1) is 0 Å². The highest BCUT2D eigenvalue weighted by atomic mass is 15.2. The summed E-state index contributed by atoms with van der Waals surface area (Å²) in [6.45, 7) is 10.3. The zero-order valence-electron chi connectivity index (χ0n) is 22.7. The smallest absolute Gasteiger partial charge is 0.122 e. The molecule has 4 rings (SSSR count). The molecule has 0 aliphatic carbocycles. The summed E-state index contributed by atoms with van der Waals surface area (Å²) < 4.78 is 2.08. The highest BCUT2D eigenvalue weighted by Crippen LogP contribution is 2.15. The second kappa shape index (κ2) is 13.9. The maximum atomic E-state index is 4.52. The van der Waals surface area contributed by atoms with E-state index >= 15 is 0 Å². The summed E-state index contributed by atoms with van der Waals surface area (Å²) in [6, 6.07) is 18.3. The lowest BCUT2D eigenvalue weighted by molar-refractivity contribution is 0.233. The van der Waals surface area contributed by atoms with Gasteiger partial charge in [0.2, 0.25) is 0 Å². The van der Waals surface area contributed by atoms with E-state index in [2.05, 4.69) is 91.7 Å². The Morgan fingerprint density at radius 1 is 0.676 bits per heavy atom. The third-order valence-corrected chi connectivity index (χ3v) is 6.85. The number of H-pyrrole nitrogens is 1. The summed E-state index contributed by atoms with van der Waals surface area (Å²) in [5.41, 5.74) is 5.51. The van der Waals surface area contributed by atoms with Crippen LogP contribution in [0.4, 0.5) is 0 Å². The number of rotatable bonds is 15. The largest absolute Gasteiger partial charge is 0.348 e. The predicted octanol–water partition coefficient (Wildman–Crippen LogP) is 5.75. The topological polar surface area (TPSA) is 53.0 Å². The first-order valence-corrected chi connectivity index (χ1v) is 13.7. The van der Waals surface area contributed by atoms with Gasteiger partial charge in [-0.25, -0.2) is 9.97 Å². The van der Waals surface area contributed by atoms with Crippen LogP contribution < -0.4 is 0 Å². The van der Waals surface area contributed by atoms with Crippen molar-refractivity contribution >= 4 is 0 Å². The standard InChI is InChI=1S/C31H42N6/c1-4-19-36(20-5-2)22-28-12-8-26(9-13-28)6-7-27-10-14-29(15-11-27)23-37(24-30-32-16-17-33-30)25-31-34-18-21-35(31)3/h8-18,21H,4-7,19-20,22-25H2,1-3H3,(H,32,33). The predicted molar refractivity (Wildman–Crippen MR) is 151 cm³/mol. The molecule has 2 aromatic heterocycles. The van der Waals surface area contributed by atoms with E-state index in [4.69, 9.17) is 0 Å². The number of nitrogens with zero attached hydrogens (tertiary/aromatic N) is 5. The van der Waals surface area contributed by atoms with Crippen LogP contribution in [0.2, 0.25) is 0 Å². The first-order valence-electron chi connectivity index (χ1n) is 13.7. The lowest BCUT2D eigenvalue weighted by atomic mass is 10.0. The van der Waals surface area contributed by atoms with Crippen molar-refractivity contribution in [3.63, 3.8) is 0 Å². The van der Waals surface area contributed by atoms with Crippen molar-refractivity contribution in [2.45, 2.75) is 65.7 Å². The van der Waals surface area contributed by atoms with Gasteiger partial charge in [-0.15, -0.1) is 0 Å². The fraction of sp³-hybridized carbons (Fsp3) is 0.419. The fourth-order valence-electron chi connectivity index (χ4n) is 4.84. The Balaban J connectivity index is 1.31. The Morgan fingerprint density at radius 3 is 1.73 bits per heavy atom. The number of aryl methyl sites for hydroxylation is 3. The molecular weight excluding hydrogens is 456 g/mol. The number of benzene rings is 2. The van der Waals surface area contributed by atoms with Crippen LogP contribution in [0.5, 0.6) is 0 Å². The molecule has 0 amide bonds. The summed E-state index contributed by atoms with van der Waals surface area (Å²) in [7, 11) is 2.04. The minimum Gasteiger partial charge on any atom is -0.348 e. The molecule has 1 N–H and O–H groups in total. The first-order chi connectivity index (χ1) is 18.1. The van der Waals surface area contributed by atoms with Gasteiger partial charge < -0.3 is 9.55 Å². The molecule has 0 atom stereocenters. The van der Waals surface area contributed by atoms with Crippen LogP contribution in [0.3, 0.4) is 0 Å². The van der Waals surface area contributed by atoms with E-state index in [9.17, 15) is 0 Å².